The summed E-state index contributed by atoms with van der Waals surface area (Å²) in [5.74, 6) is 0.784. The Hall–Kier alpha value is -1.41. The minimum atomic E-state index is -3.57. The van der Waals surface area contributed by atoms with Gasteiger partial charge in [-0.15, -0.1) is 0 Å². The van der Waals surface area contributed by atoms with E-state index < -0.39 is 10.0 Å². The summed E-state index contributed by atoms with van der Waals surface area (Å²) in [5, 5.41) is 0. The zero-order valence-electron chi connectivity index (χ0n) is 14.7. The second-order valence-corrected chi connectivity index (χ2v) is 8.99. The van der Waals surface area contributed by atoms with Gasteiger partial charge in [0.05, 0.1) is 18.0 Å². The molecule has 2 aromatic rings. The Morgan fingerprint density at radius 1 is 1.12 bits per heavy atom. The van der Waals surface area contributed by atoms with Crippen molar-refractivity contribution in [2.45, 2.75) is 23.8 Å². The summed E-state index contributed by atoms with van der Waals surface area (Å²) < 4.78 is 34.5. The van der Waals surface area contributed by atoms with E-state index in [0.29, 0.717) is 6.54 Å². The quantitative estimate of drug-likeness (QED) is 0.717. The molecule has 3 rings (SSSR count). The molecule has 1 saturated heterocycles. The molecule has 1 atom stereocenters. The lowest BCUT2D eigenvalue weighted by Gasteiger charge is -2.29. The van der Waals surface area contributed by atoms with Crippen molar-refractivity contribution in [3.8, 4) is 5.75 Å². The van der Waals surface area contributed by atoms with Crippen LogP contribution in [0, 0.1) is 0 Å². The standard InChI is InChI=1S/C19H23BrN2O3S/c1-25-19-7-3-2-6-17(19)18(22-12-4-5-13-22)14-21-26(23,24)16-10-8-15(20)9-11-16/h2-3,6-11,18,21H,4-5,12-14H2,1H3. The minimum Gasteiger partial charge on any atom is -0.496 e. The van der Waals surface area contributed by atoms with Crippen LogP contribution in [0.25, 0.3) is 0 Å². The first-order valence-corrected chi connectivity index (χ1v) is 10.9. The van der Waals surface area contributed by atoms with Gasteiger partial charge in [0.15, 0.2) is 0 Å². The number of para-hydroxylation sites is 1. The van der Waals surface area contributed by atoms with Crippen molar-refractivity contribution in [1.29, 1.82) is 0 Å². The number of halogens is 1. The van der Waals surface area contributed by atoms with Crippen LogP contribution in [0.4, 0.5) is 0 Å². The number of methoxy groups -OCH3 is 1. The number of nitrogens with one attached hydrogen (secondary N) is 1. The van der Waals surface area contributed by atoms with Gasteiger partial charge in [-0.2, -0.15) is 0 Å². The topological polar surface area (TPSA) is 58.6 Å². The van der Waals surface area contributed by atoms with Crippen molar-refractivity contribution in [2.75, 3.05) is 26.7 Å². The van der Waals surface area contributed by atoms with Gasteiger partial charge < -0.3 is 4.74 Å². The Balaban J connectivity index is 1.83. The van der Waals surface area contributed by atoms with E-state index in [-0.39, 0.29) is 10.9 Å². The molecule has 0 aliphatic carbocycles. The van der Waals surface area contributed by atoms with Crippen LogP contribution in [0.15, 0.2) is 57.9 Å². The van der Waals surface area contributed by atoms with Crippen molar-refractivity contribution >= 4 is 26.0 Å². The van der Waals surface area contributed by atoms with Crippen LogP contribution in [0.2, 0.25) is 0 Å². The number of rotatable bonds is 7. The maximum atomic E-state index is 12.7. The maximum Gasteiger partial charge on any atom is 0.240 e. The first kappa shape index (κ1) is 19.4. The highest BCUT2D eigenvalue weighted by Gasteiger charge is 2.27. The molecule has 0 saturated carbocycles. The fourth-order valence-corrected chi connectivity index (χ4v) is 4.62. The monoisotopic (exact) mass is 438 g/mol. The summed E-state index contributed by atoms with van der Waals surface area (Å²) in [6.45, 7) is 2.23. The molecule has 0 amide bonds. The Bertz CT molecular complexity index is 834. The number of sulfonamides is 1. The van der Waals surface area contributed by atoms with Crippen LogP contribution >= 0.6 is 15.9 Å². The van der Waals surface area contributed by atoms with Gasteiger partial charge >= 0.3 is 0 Å². The number of likely N-dealkylation sites (tertiary alicyclic amines) is 1. The Kier molecular flexibility index (Phi) is 6.34. The Morgan fingerprint density at radius 2 is 1.77 bits per heavy atom. The molecule has 0 radical (unpaired) electrons. The SMILES string of the molecule is COc1ccccc1C(CNS(=O)(=O)c1ccc(Br)cc1)N1CCCC1. The fraction of sp³-hybridized carbons (Fsp3) is 0.368. The summed E-state index contributed by atoms with van der Waals surface area (Å²) in [5.41, 5.74) is 1.01. The molecule has 0 bridgehead atoms. The molecule has 0 aromatic heterocycles. The van der Waals surface area contributed by atoms with Crippen molar-refractivity contribution in [3.05, 3.63) is 58.6 Å². The molecule has 5 nitrogen and oxygen atoms in total. The molecule has 1 N–H and O–H groups in total. The summed E-state index contributed by atoms with van der Waals surface area (Å²) in [7, 11) is -1.92. The highest BCUT2D eigenvalue weighted by Crippen LogP contribution is 2.31. The zero-order valence-corrected chi connectivity index (χ0v) is 17.1. The summed E-state index contributed by atoms with van der Waals surface area (Å²) in [4.78, 5) is 2.59. The Labute approximate surface area is 163 Å². The van der Waals surface area contributed by atoms with Crippen LogP contribution < -0.4 is 9.46 Å². The van der Waals surface area contributed by atoms with Crippen molar-refractivity contribution in [1.82, 2.24) is 9.62 Å². The van der Waals surface area contributed by atoms with Gasteiger partial charge in [-0.25, -0.2) is 13.1 Å². The van der Waals surface area contributed by atoms with E-state index in [4.69, 9.17) is 4.74 Å². The smallest absolute Gasteiger partial charge is 0.240 e. The number of hydrogen-bond acceptors (Lipinski definition) is 4. The highest BCUT2D eigenvalue weighted by molar-refractivity contribution is 9.10. The first-order valence-electron chi connectivity index (χ1n) is 8.63. The predicted octanol–water partition coefficient (Wildman–Crippen LogP) is 3.57. The predicted molar refractivity (Wildman–Crippen MR) is 106 cm³/mol. The van der Waals surface area contributed by atoms with Crippen LogP contribution in [-0.2, 0) is 10.0 Å². The van der Waals surface area contributed by atoms with Crippen LogP contribution in [-0.4, -0.2) is 40.1 Å². The third kappa shape index (κ3) is 4.46. The molecule has 26 heavy (non-hydrogen) atoms. The lowest BCUT2D eigenvalue weighted by molar-refractivity contribution is 0.240. The average Bonchev–Trinajstić information content (AvgIpc) is 3.17. The molecule has 1 fully saturated rings. The van der Waals surface area contributed by atoms with E-state index >= 15 is 0 Å². The van der Waals surface area contributed by atoms with E-state index in [0.717, 1.165) is 41.7 Å². The normalized spacial score (nSPS) is 16.5. The third-order valence-corrected chi connectivity index (χ3v) is 6.64. The van der Waals surface area contributed by atoms with Crippen LogP contribution in [0.3, 0.4) is 0 Å². The minimum absolute atomic E-state index is 0.0566. The molecular formula is C19H23BrN2O3S. The van der Waals surface area contributed by atoms with Gasteiger partial charge in [-0.3, -0.25) is 4.90 Å². The van der Waals surface area contributed by atoms with E-state index in [1.54, 1.807) is 31.4 Å². The summed E-state index contributed by atoms with van der Waals surface area (Å²) in [6.07, 6.45) is 2.26. The fourth-order valence-electron chi connectivity index (χ4n) is 3.32. The molecule has 1 heterocycles. The van der Waals surface area contributed by atoms with Gasteiger partial charge in [0.25, 0.3) is 0 Å². The van der Waals surface area contributed by atoms with Gasteiger partial charge in [-0.05, 0) is 56.3 Å². The number of hydrogen-bond donors (Lipinski definition) is 1. The third-order valence-electron chi connectivity index (χ3n) is 4.67. The molecule has 140 valence electrons. The van der Waals surface area contributed by atoms with Gasteiger partial charge in [0, 0.05) is 16.6 Å². The second-order valence-electron chi connectivity index (χ2n) is 6.31. The molecular weight excluding hydrogens is 416 g/mol. The second kappa shape index (κ2) is 8.52. The number of nitrogens with zero attached hydrogens (tertiary/aromatic N) is 1. The van der Waals surface area contributed by atoms with Crippen molar-refractivity contribution in [3.63, 3.8) is 0 Å². The first-order chi connectivity index (χ1) is 12.5. The van der Waals surface area contributed by atoms with E-state index in [1.807, 2.05) is 24.3 Å². The molecule has 2 aromatic carbocycles. The zero-order chi connectivity index (χ0) is 18.6. The molecule has 1 unspecified atom stereocenters. The van der Waals surface area contributed by atoms with E-state index in [2.05, 4.69) is 25.6 Å². The van der Waals surface area contributed by atoms with E-state index in [1.165, 1.54) is 0 Å². The van der Waals surface area contributed by atoms with Crippen molar-refractivity contribution < 1.29 is 13.2 Å². The summed E-state index contributed by atoms with van der Waals surface area (Å²) >= 11 is 3.33. The molecule has 1 aliphatic heterocycles. The highest BCUT2D eigenvalue weighted by atomic mass is 79.9. The van der Waals surface area contributed by atoms with Crippen molar-refractivity contribution in [2.24, 2.45) is 0 Å². The Morgan fingerprint density at radius 3 is 2.42 bits per heavy atom. The maximum absolute atomic E-state index is 12.7. The number of benzene rings is 2. The lowest BCUT2D eigenvalue weighted by atomic mass is 10.0. The van der Waals surface area contributed by atoms with Gasteiger partial charge in [-0.1, -0.05) is 34.1 Å². The molecule has 0 spiro atoms. The van der Waals surface area contributed by atoms with Crippen LogP contribution in [0.5, 0.6) is 5.75 Å². The number of ether oxygens (including phenoxy) is 1. The lowest BCUT2D eigenvalue weighted by Crippen LogP contribution is -2.37. The van der Waals surface area contributed by atoms with Gasteiger partial charge in [0.2, 0.25) is 10.0 Å². The largest absolute Gasteiger partial charge is 0.496 e. The molecule has 1 aliphatic rings. The average molecular weight is 439 g/mol. The van der Waals surface area contributed by atoms with Gasteiger partial charge in [0.1, 0.15) is 5.75 Å². The summed E-state index contributed by atoms with van der Waals surface area (Å²) in [6, 6.07) is 14.4. The van der Waals surface area contributed by atoms with Crippen LogP contribution in [0.1, 0.15) is 24.4 Å². The molecule has 7 heteroatoms. The van der Waals surface area contributed by atoms with E-state index in [9.17, 15) is 8.42 Å².